The topological polar surface area (TPSA) is 66.6 Å². The van der Waals surface area contributed by atoms with E-state index in [4.69, 9.17) is 5.73 Å². The summed E-state index contributed by atoms with van der Waals surface area (Å²) in [6, 6.07) is 19.6. The first-order chi connectivity index (χ1) is 14.0. The molecule has 0 saturated carbocycles. The summed E-state index contributed by atoms with van der Waals surface area (Å²) in [5.74, 6) is 0.474. The first kappa shape index (κ1) is 19.6. The number of likely N-dealkylation sites (tertiary alicyclic amines) is 2. The van der Waals surface area contributed by atoms with Gasteiger partial charge in [0.1, 0.15) is 5.54 Å². The Morgan fingerprint density at radius 3 is 2.34 bits per heavy atom. The molecule has 3 atom stereocenters. The van der Waals surface area contributed by atoms with Crippen LogP contribution in [0.25, 0.3) is 0 Å². The zero-order chi connectivity index (χ0) is 20.4. The van der Waals surface area contributed by atoms with Crippen LogP contribution in [0, 0.1) is 5.92 Å². The second-order valence-electron chi connectivity index (χ2n) is 8.42. The number of benzene rings is 2. The molecule has 2 aromatic carbocycles. The maximum absolute atomic E-state index is 13.6. The minimum absolute atomic E-state index is 0.0520. The summed E-state index contributed by atoms with van der Waals surface area (Å²) in [7, 11) is 0. The maximum atomic E-state index is 13.6. The first-order valence-corrected chi connectivity index (χ1v) is 10.5. The van der Waals surface area contributed by atoms with Gasteiger partial charge in [0.2, 0.25) is 5.91 Å². The molecule has 0 aromatic heterocycles. The zero-order valence-corrected chi connectivity index (χ0v) is 17.0. The van der Waals surface area contributed by atoms with Crippen molar-refractivity contribution in [2.75, 3.05) is 26.2 Å². The Kier molecular flexibility index (Phi) is 5.41. The van der Waals surface area contributed by atoms with Crippen LogP contribution in [-0.2, 0) is 4.79 Å². The Balaban J connectivity index is 1.56. The molecule has 5 nitrogen and oxygen atoms in total. The molecule has 2 aromatic rings. The molecule has 0 radical (unpaired) electrons. The second-order valence-corrected chi connectivity index (χ2v) is 8.42. The lowest BCUT2D eigenvalue weighted by atomic mass is 9.89. The molecular weight excluding hydrogens is 362 g/mol. The van der Waals surface area contributed by atoms with Gasteiger partial charge in [-0.15, -0.1) is 0 Å². The van der Waals surface area contributed by atoms with E-state index in [1.165, 1.54) is 5.56 Å². The third-order valence-electron chi connectivity index (χ3n) is 6.63. The first-order valence-electron chi connectivity index (χ1n) is 10.5. The van der Waals surface area contributed by atoms with Crippen molar-refractivity contribution in [3.05, 3.63) is 71.8 Å². The van der Waals surface area contributed by atoms with Crippen molar-refractivity contribution in [1.29, 1.82) is 0 Å². The molecule has 2 saturated heterocycles. The molecule has 0 spiro atoms. The summed E-state index contributed by atoms with van der Waals surface area (Å²) in [6.07, 6.45) is 1.54. The van der Waals surface area contributed by atoms with Gasteiger partial charge in [0, 0.05) is 31.1 Å². The number of rotatable bonds is 4. The number of nitrogens with zero attached hydrogens (tertiary/aromatic N) is 2. The van der Waals surface area contributed by atoms with E-state index in [1.807, 2.05) is 60.4 Å². The Bertz CT molecular complexity index is 870. The van der Waals surface area contributed by atoms with Crippen LogP contribution in [0.2, 0.25) is 0 Å². The van der Waals surface area contributed by atoms with Crippen LogP contribution in [-0.4, -0.2) is 53.3 Å². The summed E-state index contributed by atoms with van der Waals surface area (Å²) in [5, 5.41) is 0. The van der Waals surface area contributed by atoms with Gasteiger partial charge in [-0.3, -0.25) is 9.59 Å². The highest BCUT2D eigenvalue weighted by Gasteiger charge is 2.49. The lowest BCUT2D eigenvalue weighted by Crippen LogP contribution is -2.56. The van der Waals surface area contributed by atoms with Crippen molar-refractivity contribution in [3.8, 4) is 0 Å². The predicted molar refractivity (Wildman–Crippen MR) is 113 cm³/mol. The fraction of sp³-hybridized carbons (Fsp3) is 0.417. The monoisotopic (exact) mass is 391 g/mol. The molecule has 4 rings (SSSR count). The van der Waals surface area contributed by atoms with Crippen molar-refractivity contribution in [3.63, 3.8) is 0 Å². The van der Waals surface area contributed by atoms with Crippen LogP contribution in [0.1, 0.15) is 41.6 Å². The molecule has 0 aliphatic carbocycles. The van der Waals surface area contributed by atoms with Crippen molar-refractivity contribution < 1.29 is 9.59 Å². The van der Waals surface area contributed by atoms with Crippen LogP contribution < -0.4 is 5.73 Å². The molecule has 2 heterocycles. The average molecular weight is 392 g/mol. The van der Waals surface area contributed by atoms with E-state index < -0.39 is 5.54 Å². The van der Waals surface area contributed by atoms with Gasteiger partial charge in [0.05, 0.1) is 0 Å². The largest absolute Gasteiger partial charge is 0.340 e. The molecule has 2 aliphatic rings. The Morgan fingerprint density at radius 1 is 1.03 bits per heavy atom. The number of carbonyl (C=O) groups is 2. The highest BCUT2D eigenvalue weighted by Crippen LogP contribution is 2.37. The normalized spacial score (nSPS) is 26.7. The molecule has 2 fully saturated rings. The van der Waals surface area contributed by atoms with Gasteiger partial charge in [-0.05, 0) is 49.9 Å². The van der Waals surface area contributed by atoms with E-state index in [0.717, 1.165) is 6.42 Å². The number of hydrogen-bond acceptors (Lipinski definition) is 3. The lowest BCUT2D eigenvalue weighted by molar-refractivity contribution is -0.139. The molecule has 2 aliphatic heterocycles. The van der Waals surface area contributed by atoms with E-state index in [1.54, 1.807) is 4.90 Å². The van der Waals surface area contributed by atoms with Gasteiger partial charge in [-0.2, -0.15) is 0 Å². The fourth-order valence-electron chi connectivity index (χ4n) is 4.94. The number of amides is 2. The van der Waals surface area contributed by atoms with E-state index in [9.17, 15) is 9.59 Å². The van der Waals surface area contributed by atoms with E-state index >= 15 is 0 Å². The molecular formula is C24H29N3O2. The summed E-state index contributed by atoms with van der Waals surface area (Å²) in [4.78, 5) is 30.5. The highest BCUT2D eigenvalue weighted by molar-refractivity contribution is 5.99. The average Bonchev–Trinajstić information content (AvgIpc) is 3.38. The maximum Gasteiger partial charge on any atom is 0.254 e. The van der Waals surface area contributed by atoms with Crippen LogP contribution in [0.3, 0.4) is 0 Å². The van der Waals surface area contributed by atoms with Crippen LogP contribution in [0.15, 0.2) is 60.7 Å². The highest BCUT2D eigenvalue weighted by atomic mass is 16.2. The quantitative estimate of drug-likeness (QED) is 0.871. The van der Waals surface area contributed by atoms with Gasteiger partial charge in [-0.25, -0.2) is 0 Å². The lowest BCUT2D eigenvalue weighted by Gasteiger charge is -2.37. The number of hydrogen-bond donors (Lipinski definition) is 1. The number of carbonyl (C=O) groups excluding carboxylic acids is 2. The van der Waals surface area contributed by atoms with Crippen molar-refractivity contribution in [2.45, 2.75) is 31.2 Å². The van der Waals surface area contributed by atoms with Crippen LogP contribution in [0.4, 0.5) is 0 Å². The predicted octanol–water partition coefficient (Wildman–Crippen LogP) is 2.88. The minimum Gasteiger partial charge on any atom is -0.340 e. The van der Waals surface area contributed by atoms with Crippen molar-refractivity contribution in [1.82, 2.24) is 9.80 Å². The SMILES string of the molecule is CC1(C(=O)N2C[C@@H](CN)[C@H](c3ccccc3)C2)CCCN1C(=O)c1ccccc1. The molecule has 1 unspecified atom stereocenters. The standard InChI is InChI=1S/C24H29N3O2/c1-24(13-8-14-27(24)22(28)19-11-6-3-7-12-19)23(29)26-16-20(15-25)21(17-26)18-9-4-2-5-10-18/h2-7,9-12,20-21H,8,13-17,25H2,1H3/t20-,21+,24?/m1/s1. The second kappa shape index (κ2) is 7.99. The summed E-state index contributed by atoms with van der Waals surface area (Å²) in [6.45, 7) is 4.40. The van der Waals surface area contributed by atoms with Gasteiger partial charge in [-0.1, -0.05) is 48.5 Å². The van der Waals surface area contributed by atoms with Crippen LogP contribution in [0.5, 0.6) is 0 Å². The Morgan fingerprint density at radius 2 is 1.69 bits per heavy atom. The summed E-state index contributed by atoms with van der Waals surface area (Å²) in [5.41, 5.74) is 7.13. The fourth-order valence-corrected chi connectivity index (χ4v) is 4.94. The molecule has 0 bridgehead atoms. The zero-order valence-electron chi connectivity index (χ0n) is 17.0. The molecule has 152 valence electrons. The van der Waals surface area contributed by atoms with Crippen molar-refractivity contribution in [2.24, 2.45) is 11.7 Å². The summed E-state index contributed by atoms with van der Waals surface area (Å²) < 4.78 is 0. The molecule has 5 heteroatoms. The van der Waals surface area contributed by atoms with E-state index in [2.05, 4.69) is 12.1 Å². The van der Waals surface area contributed by atoms with Crippen molar-refractivity contribution >= 4 is 11.8 Å². The molecule has 2 N–H and O–H groups in total. The smallest absolute Gasteiger partial charge is 0.254 e. The van der Waals surface area contributed by atoms with E-state index in [-0.39, 0.29) is 23.7 Å². The van der Waals surface area contributed by atoms with E-state index in [0.29, 0.717) is 38.2 Å². The van der Waals surface area contributed by atoms with Crippen LogP contribution >= 0.6 is 0 Å². The minimum atomic E-state index is -0.794. The molecule has 2 amide bonds. The number of nitrogens with two attached hydrogens (primary N) is 1. The summed E-state index contributed by atoms with van der Waals surface area (Å²) >= 11 is 0. The van der Waals surface area contributed by atoms with Gasteiger partial charge >= 0.3 is 0 Å². The third-order valence-corrected chi connectivity index (χ3v) is 6.63. The van der Waals surface area contributed by atoms with Gasteiger partial charge in [0.15, 0.2) is 0 Å². The third kappa shape index (κ3) is 3.55. The Hall–Kier alpha value is -2.66. The van der Waals surface area contributed by atoms with Gasteiger partial charge < -0.3 is 15.5 Å². The molecule has 29 heavy (non-hydrogen) atoms. The Labute approximate surface area is 172 Å². The van der Waals surface area contributed by atoms with Gasteiger partial charge in [0.25, 0.3) is 5.91 Å².